The van der Waals surface area contributed by atoms with E-state index < -0.39 is 18.1 Å². The summed E-state index contributed by atoms with van der Waals surface area (Å²) >= 11 is 6.17. The van der Waals surface area contributed by atoms with Gasteiger partial charge in [-0.3, -0.25) is 4.79 Å². The number of benzene rings is 3. The van der Waals surface area contributed by atoms with Crippen LogP contribution in [0.25, 0.3) is 0 Å². The number of carbonyl (C=O) groups excluding carboxylic acids is 1. The zero-order valence-electron chi connectivity index (χ0n) is 15.5. The van der Waals surface area contributed by atoms with Gasteiger partial charge in [0, 0.05) is 16.9 Å². The van der Waals surface area contributed by atoms with Crippen LogP contribution in [0.4, 0.5) is 11.4 Å². The van der Waals surface area contributed by atoms with Gasteiger partial charge in [0.05, 0.1) is 16.1 Å². The number of ketones is 1. The molecule has 0 fully saturated rings. The average Bonchev–Trinajstić information content (AvgIpc) is 2.74. The maximum atomic E-state index is 13.1. The summed E-state index contributed by atoms with van der Waals surface area (Å²) in [6, 6.07) is 18.5. The minimum absolute atomic E-state index is 0.117. The molecule has 0 saturated heterocycles. The van der Waals surface area contributed by atoms with Crippen LogP contribution in [0.2, 0.25) is 5.02 Å². The van der Waals surface area contributed by atoms with Crippen LogP contribution in [0.1, 0.15) is 31.1 Å². The van der Waals surface area contributed by atoms with Gasteiger partial charge in [0.1, 0.15) is 0 Å². The highest BCUT2D eigenvalue weighted by molar-refractivity contribution is 6.34. The number of carboxylic acid groups (broad SMARTS) is 2. The van der Waals surface area contributed by atoms with Crippen molar-refractivity contribution in [2.75, 3.05) is 10.6 Å². The third kappa shape index (κ3) is 4.95. The highest BCUT2D eigenvalue weighted by Gasteiger charge is 2.22. The SMILES string of the molecule is O=C(O)c1ccc(NC(Nc2ccc(C(=O)O)cc2)C(=O)c2ccccc2Cl)cc1. The minimum atomic E-state index is -1.05. The van der Waals surface area contributed by atoms with E-state index in [1.54, 1.807) is 48.5 Å². The van der Waals surface area contributed by atoms with Crippen LogP contribution in [0, 0.1) is 0 Å². The number of rotatable bonds is 8. The molecule has 4 N–H and O–H groups in total. The molecule has 0 unspecified atom stereocenters. The monoisotopic (exact) mass is 424 g/mol. The first-order valence-electron chi connectivity index (χ1n) is 8.83. The summed E-state index contributed by atoms with van der Waals surface area (Å²) < 4.78 is 0. The molecular formula is C22H17ClN2O5. The van der Waals surface area contributed by atoms with E-state index >= 15 is 0 Å². The fourth-order valence-corrected chi connectivity index (χ4v) is 2.96. The number of hydrogen-bond acceptors (Lipinski definition) is 5. The number of carbonyl (C=O) groups is 3. The molecule has 8 heteroatoms. The molecule has 0 saturated carbocycles. The first kappa shape index (κ1) is 20.9. The lowest BCUT2D eigenvalue weighted by Crippen LogP contribution is -2.37. The van der Waals surface area contributed by atoms with Crippen LogP contribution in [-0.4, -0.2) is 34.1 Å². The van der Waals surface area contributed by atoms with E-state index in [1.165, 1.54) is 24.3 Å². The first-order valence-corrected chi connectivity index (χ1v) is 9.21. The van der Waals surface area contributed by atoms with Gasteiger partial charge in [-0.05, 0) is 60.7 Å². The molecule has 0 heterocycles. The molecule has 0 radical (unpaired) electrons. The Morgan fingerprint density at radius 2 is 1.13 bits per heavy atom. The summed E-state index contributed by atoms with van der Waals surface area (Å²) in [5.74, 6) is -2.45. The van der Waals surface area contributed by atoms with Gasteiger partial charge in [0.25, 0.3) is 0 Å². The van der Waals surface area contributed by atoms with Crippen molar-refractivity contribution in [3.63, 3.8) is 0 Å². The molecule has 7 nitrogen and oxygen atoms in total. The third-order valence-corrected chi connectivity index (χ3v) is 4.62. The standard InChI is InChI=1S/C22H17ClN2O5/c23-18-4-2-1-3-17(18)19(26)20(24-15-9-5-13(6-10-15)21(27)28)25-16-11-7-14(8-12-16)22(29)30/h1-12,20,24-25H,(H,27,28)(H,29,30). The van der Waals surface area contributed by atoms with Gasteiger partial charge in [-0.15, -0.1) is 0 Å². The summed E-state index contributed by atoms with van der Waals surface area (Å²) in [5, 5.41) is 24.4. The first-order chi connectivity index (χ1) is 14.3. The van der Waals surface area contributed by atoms with E-state index in [0.717, 1.165) is 0 Å². The zero-order chi connectivity index (χ0) is 21.7. The van der Waals surface area contributed by atoms with Crippen molar-refractivity contribution in [3.05, 3.63) is 94.5 Å². The molecule has 0 amide bonds. The van der Waals surface area contributed by atoms with Crippen LogP contribution in [0.5, 0.6) is 0 Å². The van der Waals surface area contributed by atoms with Gasteiger partial charge in [-0.2, -0.15) is 0 Å². The Balaban J connectivity index is 1.89. The molecule has 0 aliphatic heterocycles. The number of hydrogen-bond donors (Lipinski definition) is 4. The van der Waals surface area contributed by atoms with Gasteiger partial charge in [-0.1, -0.05) is 23.7 Å². The van der Waals surface area contributed by atoms with Crippen molar-refractivity contribution in [1.82, 2.24) is 0 Å². The molecule has 0 spiro atoms. The fourth-order valence-electron chi connectivity index (χ4n) is 2.74. The zero-order valence-corrected chi connectivity index (χ0v) is 16.3. The second kappa shape index (κ2) is 9.11. The normalized spacial score (nSPS) is 10.5. The lowest BCUT2D eigenvalue weighted by atomic mass is 10.1. The number of aromatic carboxylic acids is 2. The van der Waals surface area contributed by atoms with Crippen molar-refractivity contribution in [1.29, 1.82) is 0 Å². The predicted molar refractivity (Wildman–Crippen MR) is 114 cm³/mol. The molecule has 0 aliphatic rings. The fraction of sp³-hybridized carbons (Fsp3) is 0.0455. The van der Waals surface area contributed by atoms with Crippen LogP contribution < -0.4 is 10.6 Å². The average molecular weight is 425 g/mol. The lowest BCUT2D eigenvalue weighted by Gasteiger charge is -2.22. The molecule has 30 heavy (non-hydrogen) atoms. The number of carboxylic acids is 2. The minimum Gasteiger partial charge on any atom is -0.478 e. The number of halogens is 1. The topological polar surface area (TPSA) is 116 Å². The molecule has 152 valence electrons. The van der Waals surface area contributed by atoms with Crippen molar-refractivity contribution >= 4 is 40.7 Å². The summed E-state index contributed by atoms with van der Waals surface area (Å²) in [4.78, 5) is 35.2. The molecule has 0 aliphatic carbocycles. The third-order valence-electron chi connectivity index (χ3n) is 4.29. The van der Waals surface area contributed by atoms with E-state index in [0.29, 0.717) is 22.0 Å². The van der Waals surface area contributed by atoms with Gasteiger partial charge < -0.3 is 20.8 Å². The van der Waals surface area contributed by atoms with Gasteiger partial charge in [0.15, 0.2) is 6.17 Å². The van der Waals surface area contributed by atoms with Crippen LogP contribution >= 0.6 is 11.6 Å². The number of nitrogens with one attached hydrogen (secondary N) is 2. The lowest BCUT2D eigenvalue weighted by molar-refractivity contribution is 0.0686. The molecule has 0 bridgehead atoms. The molecule has 3 aromatic rings. The van der Waals surface area contributed by atoms with Crippen LogP contribution in [0.15, 0.2) is 72.8 Å². The molecule has 0 atom stereocenters. The summed E-state index contributed by atoms with van der Waals surface area (Å²) in [7, 11) is 0. The van der Waals surface area contributed by atoms with Crippen molar-refractivity contribution < 1.29 is 24.6 Å². The Kier molecular flexibility index (Phi) is 6.34. The highest BCUT2D eigenvalue weighted by atomic mass is 35.5. The van der Waals surface area contributed by atoms with E-state index in [-0.39, 0.29) is 16.9 Å². The Morgan fingerprint density at radius 1 is 0.700 bits per heavy atom. The highest BCUT2D eigenvalue weighted by Crippen LogP contribution is 2.21. The smallest absolute Gasteiger partial charge is 0.335 e. The van der Waals surface area contributed by atoms with Gasteiger partial charge in [-0.25, -0.2) is 9.59 Å². The Bertz CT molecular complexity index is 1020. The van der Waals surface area contributed by atoms with Gasteiger partial charge >= 0.3 is 11.9 Å². The predicted octanol–water partition coefficient (Wildman–Crippen LogP) is 4.47. The van der Waals surface area contributed by atoms with Gasteiger partial charge in [0.2, 0.25) is 5.78 Å². The summed E-state index contributed by atoms with van der Waals surface area (Å²) in [5.41, 5.74) is 1.56. The summed E-state index contributed by atoms with van der Waals surface area (Å²) in [6.45, 7) is 0. The molecule has 0 aromatic heterocycles. The van der Waals surface area contributed by atoms with E-state index in [2.05, 4.69) is 10.6 Å². The quantitative estimate of drug-likeness (QED) is 0.311. The van der Waals surface area contributed by atoms with Crippen LogP contribution in [-0.2, 0) is 0 Å². The molecular weight excluding hydrogens is 408 g/mol. The number of Topliss-reactive ketones (excluding diaryl/α,β-unsaturated/α-hetero) is 1. The number of anilines is 2. The maximum absolute atomic E-state index is 13.1. The van der Waals surface area contributed by atoms with E-state index in [9.17, 15) is 14.4 Å². The Hall–Kier alpha value is -3.84. The van der Waals surface area contributed by atoms with Crippen molar-refractivity contribution in [2.45, 2.75) is 6.17 Å². The van der Waals surface area contributed by atoms with Crippen molar-refractivity contribution in [3.8, 4) is 0 Å². The van der Waals surface area contributed by atoms with Crippen LogP contribution in [0.3, 0.4) is 0 Å². The van der Waals surface area contributed by atoms with E-state index in [4.69, 9.17) is 21.8 Å². The Morgan fingerprint density at radius 3 is 1.53 bits per heavy atom. The second-order valence-corrected chi connectivity index (χ2v) is 6.74. The maximum Gasteiger partial charge on any atom is 0.335 e. The second-order valence-electron chi connectivity index (χ2n) is 6.33. The largest absolute Gasteiger partial charge is 0.478 e. The Labute approximate surface area is 176 Å². The molecule has 3 rings (SSSR count). The summed E-state index contributed by atoms with van der Waals surface area (Å²) in [6.07, 6.45) is -0.948. The van der Waals surface area contributed by atoms with Crippen molar-refractivity contribution in [2.24, 2.45) is 0 Å². The van der Waals surface area contributed by atoms with E-state index in [1.807, 2.05) is 0 Å². The molecule has 3 aromatic carbocycles.